The Bertz CT molecular complexity index is 920. The third kappa shape index (κ3) is 4.16. The molecule has 1 saturated heterocycles. The fourth-order valence-electron chi connectivity index (χ4n) is 3.66. The van der Waals surface area contributed by atoms with Crippen molar-refractivity contribution in [2.45, 2.75) is 18.9 Å². The van der Waals surface area contributed by atoms with Gasteiger partial charge in [-0.2, -0.15) is 5.26 Å². The van der Waals surface area contributed by atoms with Gasteiger partial charge in [0.25, 0.3) is 0 Å². The summed E-state index contributed by atoms with van der Waals surface area (Å²) >= 11 is 0. The van der Waals surface area contributed by atoms with Crippen molar-refractivity contribution in [1.29, 1.82) is 5.26 Å². The Kier molecular flexibility index (Phi) is 6.35. The number of carbonyl (C=O) groups excluding carboxylic acids is 2. The van der Waals surface area contributed by atoms with Gasteiger partial charge in [0.05, 0.1) is 26.2 Å². The van der Waals surface area contributed by atoms with Crippen LogP contribution in [0, 0.1) is 17.2 Å². The highest BCUT2D eigenvalue weighted by Crippen LogP contribution is 2.43. The van der Waals surface area contributed by atoms with E-state index in [2.05, 4.69) is 0 Å². The second kappa shape index (κ2) is 9.11. The van der Waals surface area contributed by atoms with Gasteiger partial charge >= 0.3 is 5.97 Å². The first-order valence-electron chi connectivity index (χ1n) is 9.23. The van der Waals surface area contributed by atoms with E-state index >= 15 is 0 Å². The number of anilines is 1. The van der Waals surface area contributed by atoms with E-state index in [1.165, 1.54) is 0 Å². The van der Waals surface area contributed by atoms with Crippen LogP contribution in [0.3, 0.4) is 0 Å². The topological polar surface area (TPSA) is 88.9 Å². The summed E-state index contributed by atoms with van der Waals surface area (Å²) in [7, 11) is 3.12. The van der Waals surface area contributed by atoms with E-state index in [1.54, 1.807) is 49.5 Å². The van der Waals surface area contributed by atoms with Crippen LogP contribution in [0.2, 0.25) is 0 Å². The molecular weight excluding hydrogens is 372 g/mol. The van der Waals surface area contributed by atoms with E-state index < -0.39 is 17.9 Å². The zero-order chi connectivity index (χ0) is 20.8. The molecule has 0 aromatic heterocycles. The number of nitriles is 1. The highest BCUT2D eigenvalue weighted by Gasteiger charge is 2.43. The van der Waals surface area contributed by atoms with E-state index in [4.69, 9.17) is 19.5 Å². The average molecular weight is 394 g/mol. The molecule has 0 spiro atoms. The van der Waals surface area contributed by atoms with Crippen molar-refractivity contribution in [3.05, 3.63) is 54.1 Å². The lowest BCUT2D eigenvalue weighted by Crippen LogP contribution is -2.46. The van der Waals surface area contributed by atoms with E-state index in [0.717, 1.165) is 0 Å². The predicted molar refractivity (Wildman–Crippen MR) is 106 cm³/mol. The Morgan fingerprint density at radius 2 is 1.86 bits per heavy atom. The molecular formula is C22H22N2O5. The van der Waals surface area contributed by atoms with Crippen molar-refractivity contribution in [2.75, 3.05) is 25.7 Å². The molecule has 0 saturated carbocycles. The number of esters is 1. The van der Waals surface area contributed by atoms with Gasteiger partial charge in [-0.1, -0.05) is 18.2 Å². The first kappa shape index (κ1) is 20.2. The standard InChI is InChI=1S/C22H22N2O5/c1-27-16-9-7-15(8-10-16)24-20(25)12-11-18(22(26)29-14-13-23)21(24)17-5-3-4-6-19(17)28-2/h3-10,18,21H,11-12,14H2,1-2H3/t18-,21-/m1/s1. The maximum absolute atomic E-state index is 13.0. The summed E-state index contributed by atoms with van der Waals surface area (Å²) in [6.07, 6.45) is 0.530. The molecule has 1 fully saturated rings. The average Bonchev–Trinajstić information content (AvgIpc) is 2.77. The molecule has 0 bridgehead atoms. The van der Waals surface area contributed by atoms with Gasteiger partial charge in [0.1, 0.15) is 17.6 Å². The molecule has 7 nitrogen and oxygen atoms in total. The number of benzene rings is 2. The van der Waals surface area contributed by atoms with E-state index in [-0.39, 0.29) is 18.9 Å². The molecule has 2 aromatic rings. The van der Waals surface area contributed by atoms with Crippen LogP contribution in [0.1, 0.15) is 24.4 Å². The molecule has 0 N–H and O–H groups in total. The minimum atomic E-state index is -0.626. The zero-order valence-corrected chi connectivity index (χ0v) is 16.3. The second-order valence-electron chi connectivity index (χ2n) is 6.56. The number of methoxy groups -OCH3 is 2. The number of piperidine rings is 1. The van der Waals surface area contributed by atoms with Crippen LogP contribution in [0.15, 0.2) is 48.5 Å². The minimum Gasteiger partial charge on any atom is -0.497 e. The number of carbonyl (C=O) groups is 2. The van der Waals surface area contributed by atoms with Crippen LogP contribution in [-0.4, -0.2) is 32.7 Å². The van der Waals surface area contributed by atoms with Crippen molar-refractivity contribution in [3.8, 4) is 17.6 Å². The zero-order valence-electron chi connectivity index (χ0n) is 16.3. The maximum atomic E-state index is 13.0. The van der Waals surface area contributed by atoms with Crippen LogP contribution < -0.4 is 14.4 Å². The molecule has 1 heterocycles. The SMILES string of the molecule is COc1ccc(N2C(=O)CC[C@@H](C(=O)OCC#N)[C@H]2c2ccccc2OC)cc1. The Hall–Kier alpha value is -3.53. The van der Waals surface area contributed by atoms with Gasteiger partial charge in [0.2, 0.25) is 5.91 Å². The van der Waals surface area contributed by atoms with E-state index in [0.29, 0.717) is 29.2 Å². The minimum absolute atomic E-state index is 0.101. The number of hydrogen-bond acceptors (Lipinski definition) is 6. The van der Waals surface area contributed by atoms with Crippen molar-refractivity contribution < 1.29 is 23.8 Å². The number of hydrogen-bond donors (Lipinski definition) is 0. The lowest BCUT2D eigenvalue weighted by Gasteiger charge is -2.40. The maximum Gasteiger partial charge on any atom is 0.312 e. The molecule has 1 aliphatic heterocycles. The van der Waals surface area contributed by atoms with Crippen molar-refractivity contribution in [2.24, 2.45) is 5.92 Å². The molecule has 7 heteroatoms. The van der Waals surface area contributed by atoms with E-state index in [9.17, 15) is 9.59 Å². The third-order valence-corrected chi connectivity index (χ3v) is 4.99. The Morgan fingerprint density at radius 3 is 2.52 bits per heavy atom. The lowest BCUT2D eigenvalue weighted by atomic mass is 9.83. The van der Waals surface area contributed by atoms with Crippen LogP contribution >= 0.6 is 0 Å². The van der Waals surface area contributed by atoms with Gasteiger partial charge < -0.3 is 19.1 Å². The Balaban J connectivity index is 2.10. The summed E-state index contributed by atoms with van der Waals surface area (Å²) in [6.45, 7) is -0.329. The largest absolute Gasteiger partial charge is 0.497 e. The molecule has 29 heavy (non-hydrogen) atoms. The number of para-hydroxylation sites is 1. The van der Waals surface area contributed by atoms with Gasteiger partial charge in [-0.25, -0.2) is 0 Å². The molecule has 0 radical (unpaired) electrons. The highest BCUT2D eigenvalue weighted by molar-refractivity contribution is 5.97. The van der Waals surface area contributed by atoms with Crippen molar-refractivity contribution >= 4 is 17.6 Å². The van der Waals surface area contributed by atoms with Crippen LogP contribution in [0.4, 0.5) is 5.69 Å². The van der Waals surface area contributed by atoms with Gasteiger partial charge in [-0.05, 0) is 36.8 Å². The quantitative estimate of drug-likeness (QED) is 0.699. The highest BCUT2D eigenvalue weighted by atomic mass is 16.5. The van der Waals surface area contributed by atoms with Crippen molar-refractivity contribution in [1.82, 2.24) is 0 Å². The van der Waals surface area contributed by atoms with Crippen LogP contribution in [0.5, 0.6) is 11.5 Å². The lowest BCUT2D eigenvalue weighted by molar-refractivity contribution is -0.149. The van der Waals surface area contributed by atoms with Crippen LogP contribution in [-0.2, 0) is 14.3 Å². The van der Waals surface area contributed by atoms with Gasteiger partial charge in [-0.3, -0.25) is 9.59 Å². The summed E-state index contributed by atoms with van der Waals surface area (Å²) in [6, 6.07) is 15.6. The molecule has 2 atom stereocenters. The molecule has 1 aliphatic rings. The summed E-state index contributed by atoms with van der Waals surface area (Å²) in [4.78, 5) is 27.3. The Morgan fingerprint density at radius 1 is 1.14 bits per heavy atom. The molecule has 150 valence electrons. The van der Waals surface area contributed by atoms with Gasteiger partial charge in [-0.15, -0.1) is 0 Å². The monoisotopic (exact) mass is 394 g/mol. The normalized spacial score (nSPS) is 18.7. The summed E-state index contributed by atoms with van der Waals surface area (Å²) < 4.78 is 15.8. The fraction of sp³-hybridized carbons (Fsp3) is 0.318. The first-order valence-corrected chi connectivity index (χ1v) is 9.23. The number of amides is 1. The second-order valence-corrected chi connectivity index (χ2v) is 6.56. The number of ether oxygens (including phenoxy) is 3. The van der Waals surface area contributed by atoms with E-state index in [1.807, 2.05) is 24.3 Å². The summed E-state index contributed by atoms with van der Waals surface area (Å²) in [5.74, 6) is 0.00384. The van der Waals surface area contributed by atoms with Crippen LogP contribution in [0.25, 0.3) is 0 Å². The van der Waals surface area contributed by atoms with Gasteiger partial charge in [0, 0.05) is 17.7 Å². The van der Waals surface area contributed by atoms with Gasteiger partial charge in [0.15, 0.2) is 6.61 Å². The third-order valence-electron chi connectivity index (χ3n) is 4.99. The molecule has 3 rings (SSSR count). The molecule has 2 aromatic carbocycles. The molecule has 0 unspecified atom stereocenters. The summed E-state index contributed by atoms with van der Waals surface area (Å²) in [5.41, 5.74) is 1.35. The molecule has 0 aliphatic carbocycles. The smallest absolute Gasteiger partial charge is 0.312 e. The predicted octanol–water partition coefficient (Wildman–Crippen LogP) is 3.25. The molecule has 1 amide bonds. The number of rotatable bonds is 6. The fourth-order valence-corrected chi connectivity index (χ4v) is 3.66. The summed E-state index contributed by atoms with van der Waals surface area (Å²) in [5, 5.41) is 8.78. The first-order chi connectivity index (χ1) is 14.1. The Labute approximate surface area is 169 Å². The van der Waals surface area contributed by atoms with Crippen molar-refractivity contribution in [3.63, 3.8) is 0 Å². The number of nitrogens with zero attached hydrogens (tertiary/aromatic N) is 2.